The Labute approximate surface area is 144 Å². The number of imidazole rings is 1. The van der Waals surface area contributed by atoms with Crippen molar-refractivity contribution in [2.45, 2.75) is 64.8 Å². The van der Waals surface area contributed by atoms with Crippen molar-refractivity contribution < 1.29 is 0 Å². The first kappa shape index (κ1) is 15.6. The van der Waals surface area contributed by atoms with Gasteiger partial charge in [0.15, 0.2) is 0 Å². The number of rotatable bonds is 5. The molecule has 2 aromatic heterocycles. The highest BCUT2D eigenvalue weighted by Crippen LogP contribution is 2.30. The third-order valence-corrected chi connectivity index (χ3v) is 5.48. The maximum atomic E-state index is 4.97. The van der Waals surface area contributed by atoms with Crippen LogP contribution in [0.2, 0.25) is 0 Å². The molecule has 3 heteroatoms. The van der Waals surface area contributed by atoms with Gasteiger partial charge in [0.05, 0.1) is 17.2 Å². The molecule has 0 N–H and O–H groups in total. The van der Waals surface area contributed by atoms with Crippen LogP contribution in [0, 0.1) is 5.92 Å². The standard InChI is InChI=1S/C21H27N3/c1-2-3-13-20-23-19-14-22-18-12-8-7-11-17(18)21(19)24(20)15-16-9-5-4-6-10-16/h7-8,11-12,14,16H,2-6,9-10,13,15H2,1H3. The Morgan fingerprint density at radius 1 is 1.08 bits per heavy atom. The number of aromatic nitrogens is 3. The molecule has 1 aliphatic rings. The highest BCUT2D eigenvalue weighted by atomic mass is 15.1. The number of fused-ring (bicyclic) bond motifs is 3. The SMILES string of the molecule is CCCCc1nc2cnc3ccccc3c2n1CC1CCCCC1. The molecule has 1 aromatic carbocycles. The van der Waals surface area contributed by atoms with Crippen LogP contribution in [0.15, 0.2) is 30.5 Å². The maximum Gasteiger partial charge on any atom is 0.109 e. The highest BCUT2D eigenvalue weighted by molar-refractivity contribution is 6.02. The van der Waals surface area contributed by atoms with Gasteiger partial charge in [0, 0.05) is 18.4 Å². The summed E-state index contributed by atoms with van der Waals surface area (Å²) in [7, 11) is 0. The highest BCUT2D eigenvalue weighted by Gasteiger charge is 2.19. The van der Waals surface area contributed by atoms with Crippen molar-refractivity contribution in [3.8, 4) is 0 Å². The Kier molecular flexibility index (Phi) is 4.50. The minimum Gasteiger partial charge on any atom is -0.327 e. The largest absolute Gasteiger partial charge is 0.327 e. The van der Waals surface area contributed by atoms with Crippen LogP contribution in [0.5, 0.6) is 0 Å². The van der Waals surface area contributed by atoms with Gasteiger partial charge in [-0.1, -0.05) is 50.8 Å². The molecule has 0 aliphatic heterocycles. The van der Waals surface area contributed by atoms with Gasteiger partial charge in [0.25, 0.3) is 0 Å². The number of benzene rings is 1. The monoisotopic (exact) mass is 321 g/mol. The summed E-state index contributed by atoms with van der Waals surface area (Å²) in [6.07, 6.45) is 12.4. The molecule has 0 radical (unpaired) electrons. The van der Waals surface area contributed by atoms with Gasteiger partial charge in [0.1, 0.15) is 11.3 Å². The maximum absolute atomic E-state index is 4.97. The third-order valence-electron chi connectivity index (χ3n) is 5.48. The number of para-hydroxylation sites is 1. The molecule has 24 heavy (non-hydrogen) atoms. The second-order valence-corrected chi connectivity index (χ2v) is 7.26. The summed E-state index contributed by atoms with van der Waals surface area (Å²) in [5.74, 6) is 2.07. The van der Waals surface area contributed by atoms with Gasteiger partial charge in [-0.2, -0.15) is 0 Å². The topological polar surface area (TPSA) is 30.7 Å². The minimum absolute atomic E-state index is 0.809. The average molecular weight is 321 g/mol. The van der Waals surface area contributed by atoms with E-state index in [0.717, 1.165) is 29.9 Å². The van der Waals surface area contributed by atoms with Gasteiger partial charge in [-0.25, -0.2) is 4.98 Å². The summed E-state index contributed by atoms with van der Waals surface area (Å²) in [5, 5.41) is 1.25. The molecule has 4 rings (SSSR count). The number of aryl methyl sites for hydroxylation is 1. The number of hydrogen-bond acceptors (Lipinski definition) is 2. The van der Waals surface area contributed by atoms with Crippen molar-refractivity contribution in [1.29, 1.82) is 0 Å². The van der Waals surface area contributed by atoms with Crippen LogP contribution >= 0.6 is 0 Å². The van der Waals surface area contributed by atoms with Crippen LogP contribution in [0.3, 0.4) is 0 Å². The van der Waals surface area contributed by atoms with Crippen LogP contribution in [0.25, 0.3) is 21.9 Å². The number of pyridine rings is 1. The van der Waals surface area contributed by atoms with E-state index in [9.17, 15) is 0 Å². The van der Waals surface area contributed by atoms with Gasteiger partial charge < -0.3 is 4.57 Å². The zero-order chi connectivity index (χ0) is 16.4. The Morgan fingerprint density at radius 3 is 2.75 bits per heavy atom. The van der Waals surface area contributed by atoms with E-state index in [1.807, 2.05) is 6.20 Å². The second kappa shape index (κ2) is 6.92. The van der Waals surface area contributed by atoms with Crippen LogP contribution in [-0.2, 0) is 13.0 Å². The fourth-order valence-electron chi connectivity index (χ4n) is 4.16. The van der Waals surface area contributed by atoms with E-state index in [1.54, 1.807) is 0 Å². The molecule has 0 bridgehead atoms. The Morgan fingerprint density at radius 2 is 1.92 bits per heavy atom. The molecular formula is C21H27N3. The molecule has 0 amide bonds. The average Bonchev–Trinajstić information content (AvgIpc) is 2.99. The molecule has 1 saturated carbocycles. The smallest absolute Gasteiger partial charge is 0.109 e. The van der Waals surface area contributed by atoms with Gasteiger partial charge in [-0.05, 0) is 31.2 Å². The Bertz CT molecular complexity index is 828. The van der Waals surface area contributed by atoms with Crippen molar-refractivity contribution in [1.82, 2.24) is 14.5 Å². The molecule has 1 fully saturated rings. The van der Waals surface area contributed by atoms with E-state index < -0.39 is 0 Å². The summed E-state index contributed by atoms with van der Waals surface area (Å²) in [6, 6.07) is 8.50. The van der Waals surface area contributed by atoms with Crippen molar-refractivity contribution in [2.75, 3.05) is 0 Å². The molecule has 0 atom stereocenters. The van der Waals surface area contributed by atoms with E-state index in [1.165, 1.54) is 61.7 Å². The molecular weight excluding hydrogens is 294 g/mol. The van der Waals surface area contributed by atoms with Gasteiger partial charge in [-0.15, -0.1) is 0 Å². The molecule has 0 unspecified atom stereocenters. The fraction of sp³-hybridized carbons (Fsp3) is 0.524. The summed E-state index contributed by atoms with van der Waals surface area (Å²) >= 11 is 0. The van der Waals surface area contributed by atoms with Gasteiger partial charge in [0.2, 0.25) is 0 Å². The molecule has 1 aliphatic carbocycles. The van der Waals surface area contributed by atoms with Gasteiger partial charge in [-0.3, -0.25) is 4.98 Å². The summed E-state index contributed by atoms with van der Waals surface area (Å²) in [5.41, 5.74) is 3.45. The van der Waals surface area contributed by atoms with Crippen LogP contribution in [0.1, 0.15) is 57.7 Å². The summed E-state index contributed by atoms with van der Waals surface area (Å²) in [6.45, 7) is 3.38. The molecule has 0 spiro atoms. The number of unbranched alkanes of at least 4 members (excludes halogenated alkanes) is 1. The number of nitrogens with zero attached hydrogens (tertiary/aromatic N) is 3. The minimum atomic E-state index is 0.809. The van der Waals surface area contributed by atoms with Crippen molar-refractivity contribution in [3.05, 3.63) is 36.3 Å². The Balaban J connectivity index is 1.83. The lowest BCUT2D eigenvalue weighted by Gasteiger charge is -2.23. The van der Waals surface area contributed by atoms with E-state index in [0.29, 0.717) is 0 Å². The van der Waals surface area contributed by atoms with Gasteiger partial charge >= 0.3 is 0 Å². The Hall–Kier alpha value is -1.90. The second-order valence-electron chi connectivity index (χ2n) is 7.26. The van der Waals surface area contributed by atoms with Crippen LogP contribution < -0.4 is 0 Å². The zero-order valence-corrected chi connectivity index (χ0v) is 14.7. The molecule has 2 heterocycles. The first-order valence-electron chi connectivity index (χ1n) is 9.59. The number of hydrogen-bond donors (Lipinski definition) is 0. The first-order valence-corrected chi connectivity index (χ1v) is 9.59. The molecule has 3 nitrogen and oxygen atoms in total. The summed E-state index contributed by atoms with van der Waals surface area (Å²) < 4.78 is 2.53. The summed E-state index contributed by atoms with van der Waals surface area (Å²) in [4.78, 5) is 9.58. The van der Waals surface area contributed by atoms with Crippen LogP contribution in [0.4, 0.5) is 0 Å². The first-order chi connectivity index (χ1) is 11.9. The van der Waals surface area contributed by atoms with Crippen molar-refractivity contribution in [3.63, 3.8) is 0 Å². The van der Waals surface area contributed by atoms with E-state index in [-0.39, 0.29) is 0 Å². The lowest BCUT2D eigenvalue weighted by molar-refractivity contribution is 0.319. The zero-order valence-electron chi connectivity index (χ0n) is 14.7. The van der Waals surface area contributed by atoms with E-state index in [4.69, 9.17) is 4.98 Å². The predicted molar refractivity (Wildman–Crippen MR) is 100 cm³/mol. The van der Waals surface area contributed by atoms with Crippen LogP contribution in [-0.4, -0.2) is 14.5 Å². The lowest BCUT2D eigenvalue weighted by atomic mass is 9.89. The lowest BCUT2D eigenvalue weighted by Crippen LogP contribution is -2.16. The molecule has 126 valence electrons. The normalized spacial score (nSPS) is 16.2. The predicted octanol–water partition coefficient (Wildman–Crippen LogP) is 5.51. The van der Waals surface area contributed by atoms with E-state index in [2.05, 4.69) is 40.7 Å². The molecule has 3 aromatic rings. The van der Waals surface area contributed by atoms with Crippen molar-refractivity contribution in [2.24, 2.45) is 5.92 Å². The quantitative estimate of drug-likeness (QED) is 0.620. The van der Waals surface area contributed by atoms with Crippen molar-refractivity contribution >= 4 is 21.9 Å². The molecule has 0 saturated heterocycles. The van der Waals surface area contributed by atoms with E-state index >= 15 is 0 Å². The fourth-order valence-corrected chi connectivity index (χ4v) is 4.16. The third kappa shape index (κ3) is 2.92.